The third kappa shape index (κ3) is 32.0. The average molecular weight is 577 g/mol. The summed E-state index contributed by atoms with van der Waals surface area (Å²) in [6.45, 7) is 6.99. The molecule has 0 aromatic rings. The molecule has 1 N–H and O–H groups in total. The van der Waals surface area contributed by atoms with Gasteiger partial charge in [-0.3, -0.25) is 4.79 Å². The molecule has 2 atom stereocenters. The molecule has 0 bridgehead atoms. The Morgan fingerprint density at radius 3 is 1.22 bits per heavy atom. The molecule has 244 valence electrons. The lowest BCUT2D eigenvalue weighted by Crippen LogP contribution is -2.13. The number of hydrogen-bond donors (Lipinski definition) is 1. The Labute approximate surface area is 259 Å². The number of allylic oxidation sites excluding steroid dienone is 2. The van der Waals surface area contributed by atoms with E-state index in [2.05, 4.69) is 32.9 Å². The molecule has 0 rings (SSSR count). The molecule has 0 amide bonds. The molecular weight excluding hydrogens is 500 g/mol. The smallest absolute Gasteiger partial charge is 0.306 e. The maximum atomic E-state index is 11.7. The first-order valence-corrected chi connectivity index (χ1v) is 19.0. The number of hydrogen-bond acceptors (Lipinski definition) is 1. The maximum Gasteiger partial charge on any atom is 0.306 e. The monoisotopic (exact) mass is 577 g/mol. The summed E-state index contributed by atoms with van der Waals surface area (Å²) in [6.07, 6.45) is 45.3. The van der Waals surface area contributed by atoms with Crippen LogP contribution in [0.25, 0.3) is 0 Å². The summed E-state index contributed by atoms with van der Waals surface area (Å²) in [5.41, 5.74) is 0. The molecule has 0 saturated heterocycles. The third-order valence-electron chi connectivity index (χ3n) is 9.22. The van der Waals surface area contributed by atoms with E-state index in [1.54, 1.807) is 0 Å². The van der Waals surface area contributed by atoms with Gasteiger partial charge in [-0.1, -0.05) is 193 Å². The van der Waals surface area contributed by atoms with Crippen LogP contribution in [-0.4, -0.2) is 11.1 Å². The Bertz CT molecular complexity index is 540. The summed E-state index contributed by atoms with van der Waals surface area (Å²) in [5, 5.41) is 9.63. The van der Waals surface area contributed by atoms with Crippen LogP contribution in [-0.2, 0) is 4.79 Å². The van der Waals surface area contributed by atoms with E-state index < -0.39 is 5.97 Å². The van der Waals surface area contributed by atoms with Crippen molar-refractivity contribution in [3.63, 3.8) is 0 Å². The Morgan fingerprint density at radius 1 is 0.463 bits per heavy atom. The Morgan fingerprint density at radius 2 is 0.805 bits per heavy atom. The summed E-state index contributed by atoms with van der Waals surface area (Å²) in [7, 11) is 0. The fourth-order valence-corrected chi connectivity index (χ4v) is 6.19. The van der Waals surface area contributed by atoms with Crippen molar-refractivity contribution in [3.05, 3.63) is 12.2 Å². The molecule has 0 aromatic carbocycles. The van der Waals surface area contributed by atoms with Crippen LogP contribution < -0.4 is 0 Å². The summed E-state index contributed by atoms with van der Waals surface area (Å²) < 4.78 is 0. The first kappa shape index (κ1) is 40.2. The van der Waals surface area contributed by atoms with Crippen molar-refractivity contribution < 1.29 is 9.90 Å². The van der Waals surface area contributed by atoms with Crippen molar-refractivity contribution in [2.75, 3.05) is 0 Å². The van der Waals surface area contributed by atoms with Gasteiger partial charge >= 0.3 is 5.97 Å². The molecule has 0 saturated carbocycles. The SMILES string of the molecule is CCCCCCCCC=CCCC(C)CCCCCCCCCC(CCCCCCCCCCCCCC)C(=O)O. The molecule has 0 aliphatic carbocycles. The molecule has 0 fully saturated rings. The number of carbonyl (C=O) groups is 1. The van der Waals surface area contributed by atoms with E-state index in [9.17, 15) is 9.90 Å². The zero-order chi connectivity index (χ0) is 30.1. The van der Waals surface area contributed by atoms with Crippen LogP contribution in [0, 0.1) is 11.8 Å². The van der Waals surface area contributed by atoms with Gasteiger partial charge in [-0.25, -0.2) is 0 Å². The summed E-state index contributed by atoms with van der Waals surface area (Å²) in [4.78, 5) is 11.7. The standard InChI is InChI=1S/C39H76O2/c1-4-6-8-10-12-14-16-17-19-23-27-31-35-38(39(40)41)36-32-28-24-20-22-26-30-34-37(3)33-29-25-21-18-15-13-11-9-7-5-2/h21,25,37-38H,4-20,22-24,26-36H2,1-3H3,(H,40,41). The minimum absolute atomic E-state index is 0.106. The number of rotatable bonds is 34. The molecule has 0 aliphatic rings. The third-order valence-corrected chi connectivity index (χ3v) is 9.22. The normalized spacial score (nSPS) is 13.2. The average Bonchev–Trinajstić information content (AvgIpc) is 2.96. The van der Waals surface area contributed by atoms with Crippen molar-refractivity contribution in [3.8, 4) is 0 Å². The first-order valence-electron chi connectivity index (χ1n) is 19.0. The highest BCUT2D eigenvalue weighted by Crippen LogP contribution is 2.21. The second-order valence-corrected chi connectivity index (χ2v) is 13.5. The van der Waals surface area contributed by atoms with E-state index in [-0.39, 0.29) is 5.92 Å². The lowest BCUT2D eigenvalue weighted by Gasteiger charge is -2.12. The van der Waals surface area contributed by atoms with E-state index >= 15 is 0 Å². The van der Waals surface area contributed by atoms with Gasteiger partial charge in [-0.05, 0) is 44.4 Å². The van der Waals surface area contributed by atoms with E-state index in [0.29, 0.717) is 0 Å². The zero-order valence-corrected chi connectivity index (χ0v) is 28.6. The van der Waals surface area contributed by atoms with Crippen LogP contribution in [0.5, 0.6) is 0 Å². The predicted molar refractivity (Wildman–Crippen MR) is 184 cm³/mol. The molecule has 0 heterocycles. The topological polar surface area (TPSA) is 37.3 Å². The van der Waals surface area contributed by atoms with Gasteiger partial charge in [0.2, 0.25) is 0 Å². The van der Waals surface area contributed by atoms with Crippen LogP contribution in [0.4, 0.5) is 0 Å². The van der Waals surface area contributed by atoms with E-state index in [1.165, 1.54) is 173 Å². The quantitative estimate of drug-likeness (QED) is 0.0611. The largest absolute Gasteiger partial charge is 0.481 e. The molecule has 2 unspecified atom stereocenters. The van der Waals surface area contributed by atoms with Crippen molar-refractivity contribution in [1.82, 2.24) is 0 Å². The second kappa shape index (κ2) is 33.7. The molecule has 0 radical (unpaired) electrons. The van der Waals surface area contributed by atoms with E-state index in [4.69, 9.17) is 0 Å². The van der Waals surface area contributed by atoms with Gasteiger partial charge < -0.3 is 5.11 Å². The van der Waals surface area contributed by atoms with Gasteiger partial charge in [0.25, 0.3) is 0 Å². The highest BCUT2D eigenvalue weighted by atomic mass is 16.4. The van der Waals surface area contributed by atoms with Crippen LogP contribution in [0.3, 0.4) is 0 Å². The minimum atomic E-state index is -0.560. The van der Waals surface area contributed by atoms with Crippen LogP contribution >= 0.6 is 0 Å². The van der Waals surface area contributed by atoms with E-state index in [1.807, 2.05) is 0 Å². The highest BCUT2D eigenvalue weighted by molar-refractivity contribution is 5.69. The van der Waals surface area contributed by atoms with Crippen molar-refractivity contribution in [2.45, 2.75) is 220 Å². The fourth-order valence-electron chi connectivity index (χ4n) is 6.19. The second-order valence-electron chi connectivity index (χ2n) is 13.5. The maximum absolute atomic E-state index is 11.7. The minimum Gasteiger partial charge on any atom is -0.481 e. The Kier molecular flexibility index (Phi) is 33.1. The first-order chi connectivity index (χ1) is 20.1. The van der Waals surface area contributed by atoms with Crippen molar-refractivity contribution in [1.29, 1.82) is 0 Å². The molecule has 2 heteroatoms. The van der Waals surface area contributed by atoms with Crippen LogP contribution in [0.15, 0.2) is 12.2 Å². The molecule has 0 spiro atoms. The van der Waals surface area contributed by atoms with E-state index in [0.717, 1.165) is 31.6 Å². The predicted octanol–water partition coefficient (Wildman–Crippen LogP) is 14.0. The molecule has 0 aliphatic heterocycles. The number of unbranched alkanes of at least 4 members (excludes halogenated alkanes) is 23. The van der Waals surface area contributed by atoms with Gasteiger partial charge in [0, 0.05) is 0 Å². The number of aliphatic carboxylic acids is 1. The van der Waals surface area contributed by atoms with Crippen molar-refractivity contribution >= 4 is 5.97 Å². The van der Waals surface area contributed by atoms with Crippen molar-refractivity contribution in [2.24, 2.45) is 11.8 Å². The van der Waals surface area contributed by atoms with Gasteiger partial charge in [-0.15, -0.1) is 0 Å². The number of carboxylic acid groups (broad SMARTS) is 1. The van der Waals surface area contributed by atoms with Gasteiger partial charge in [0.15, 0.2) is 0 Å². The Balaban J connectivity index is 3.50. The lowest BCUT2D eigenvalue weighted by atomic mass is 9.94. The molecule has 2 nitrogen and oxygen atoms in total. The van der Waals surface area contributed by atoms with Crippen LogP contribution in [0.1, 0.15) is 220 Å². The number of carboxylic acids is 1. The van der Waals surface area contributed by atoms with Gasteiger partial charge in [-0.2, -0.15) is 0 Å². The molecule has 0 aromatic heterocycles. The zero-order valence-electron chi connectivity index (χ0n) is 28.6. The lowest BCUT2D eigenvalue weighted by molar-refractivity contribution is -0.142. The molecule has 41 heavy (non-hydrogen) atoms. The van der Waals surface area contributed by atoms with Gasteiger partial charge in [0.05, 0.1) is 5.92 Å². The summed E-state index contributed by atoms with van der Waals surface area (Å²) in [5.74, 6) is 0.187. The summed E-state index contributed by atoms with van der Waals surface area (Å²) in [6, 6.07) is 0. The van der Waals surface area contributed by atoms with Crippen LogP contribution in [0.2, 0.25) is 0 Å². The summed E-state index contributed by atoms with van der Waals surface area (Å²) >= 11 is 0. The molecular formula is C39H76O2. The van der Waals surface area contributed by atoms with Gasteiger partial charge in [0.1, 0.15) is 0 Å². The highest BCUT2D eigenvalue weighted by Gasteiger charge is 2.16. The Hall–Kier alpha value is -0.790. The fraction of sp³-hybridized carbons (Fsp3) is 0.923.